The van der Waals surface area contributed by atoms with Crippen LogP contribution in [-0.4, -0.2) is 23.9 Å². The van der Waals surface area contributed by atoms with Crippen molar-refractivity contribution in [3.05, 3.63) is 88.7 Å². The molecule has 142 valence electrons. The molecule has 6 nitrogen and oxygen atoms in total. The van der Waals surface area contributed by atoms with Gasteiger partial charge in [0.05, 0.1) is 12.1 Å². The molecule has 0 radical (unpaired) electrons. The summed E-state index contributed by atoms with van der Waals surface area (Å²) in [4.78, 5) is 28.9. The molecule has 0 bridgehead atoms. The Morgan fingerprint density at radius 1 is 1.04 bits per heavy atom. The fourth-order valence-corrected chi connectivity index (χ4v) is 2.77. The number of halogens is 1. The minimum absolute atomic E-state index is 0.163. The summed E-state index contributed by atoms with van der Waals surface area (Å²) in [6.45, 7) is 0.377. The van der Waals surface area contributed by atoms with Crippen LogP contribution in [0.4, 0.5) is 5.69 Å². The van der Waals surface area contributed by atoms with Gasteiger partial charge in [-0.1, -0.05) is 41.9 Å². The van der Waals surface area contributed by atoms with Gasteiger partial charge in [-0.25, -0.2) is 0 Å². The minimum atomic E-state index is -0.374. The maximum atomic E-state index is 12.5. The van der Waals surface area contributed by atoms with Crippen molar-refractivity contribution in [2.24, 2.45) is 0 Å². The van der Waals surface area contributed by atoms with Crippen molar-refractivity contribution in [2.75, 3.05) is 12.4 Å². The average Bonchev–Trinajstić information content (AvgIpc) is 2.73. The summed E-state index contributed by atoms with van der Waals surface area (Å²) in [5, 5.41) is 5.91. The van der Waals surface area contributed by atoms with Crippen LogP contribution in [0.5, 0.6) is 5.75 Å². The first-order valence-corrected chi connectivity index (χ1v) is 8.87. The molecule has 7 heteroatoms. The Bertz CT molecular complexity index is 993. The van der Waals surface area contributed by atoms with Crippen molar-refractivity contribution in [1.82, 2.24) is 10.3 Å². The second-order valence-corrected chi connectivity index (χ2v) is 6.31. The summed E-state index contributed by atoms with van der Waals surface area (Å²) in [5.74, 6) is -0.215. The third-order valence-electron chi connectivity index (χ3n) is 3.96. The number of ether oxygens (including phenoxy) is 1. The van der Waals surface area contributed by atoms with Gasteiger partial charge in [0.25, 0.3) is 11.8 Å². The van der Waals surface area contributed by atoms with Crippen molar-refractivity contribution >= 4 is 29.1 Å². The van der Waals surface area contributed by atoms with Gasteiger partial charge >= 0.3 is 0 Å². The Balaban J connectivity index is 1.67. The number of nitrogens with one attached hydrogen (secondary N) is 2. The van der Waals surface area contributed by atoms with E-state index in [-0.39, 0.29) is 17.5 Å². The molecule has 0 aliphatic rings. The lowest BCUT2D eigenvalue weighted by Gasteiger charge is -2.09. The van der Waals surface area contributed by atoms with Gasteiger partial charge in [0.15, 0.2) is 0 Å². The molecular formula is C21H18ClN3O3. The number of pyridine rings is 1. The van der Waals surface area contributed by atoms with Crippen molar-refractivity contribution in [2.45, 2.75) is 6.54 Å². The highest BCUT2D eigenvalue weighted by atomic mass is 35.5. The van der Waals surface area contributed by atoms with Crippen LogP contribution in [0.3, 0.4) is 0 Å². The molecule has 0 spiro atoms. The number of aromatic nitrogens is 1. The number of amides is 2. The molecule has 28 heavy (non-hydrogen) atoms. The van der Waals surface area contributed by atoms with Crippen LogP contribution in [0.2, 0.25) is 5.02 Å². The molecule has 1 heterocycles. The first-order valence-electron chi connectivity index (χ1n) is 8.50. The van der Waals surface area contributed by atoms with Gasteiger partial charge in [-0.05, 0) is 35.9 Å². The quantitative estimate of drug-likeness (QED) is 0.662. The van der Waals surface area contributed by atoms with Gasteiger partial charge in [-0.3, -0.25) is 14.6 Å². The van der Waals surface area contributed by atoms with E-state index < -0.39 is 0 Å². The smallest absolute Gasteiger partial charge is 0.270 e. The number of hydrogen-bond acceptors (Lipinski definition) is 4. The number of anilines is 1. The standard InChI is InChI=1S/C21H18ClN3O3/c1-28-19-8-7-16(12-17(19)22)25-20(26)15-9-10-23-18(11-15)21(27)24-13-14-5-3-2-4-6-14/h2-12H,13H2,1H3,(H,24,27)(H,25,26). The molecule has 1 aromatic heterocycles. The molecule has 0 unspecified atom stereocenters. The van der Waals surface area contributed by atoms with Gasteiger partial charge in [-0.2, -0.15) is 0 Å². The van der Waals surface area contributed by atoms with Crippen molar-refractivity contribution in [3.63, 3.8) is 0 Å². The van der Waals surface area contributed by atoms with Gasteiger partial charge in [0.2, 0.25) is 0 Å². The van der Waals surface area contributed by atoms with Gasteiger partial charge < -0.3 is 15.4 Å². The summed E-state index contributed by atoms with van der Waals surface area (Å²) in [5.41, 5.74) is 1.96. The molecule has 2 aromatic carbocycles. The fraction of sp³-hybridized carbons (Fsp3) is 0.0952. The highest BCUT2D eigenvalue weighted by molar-refractivity contribution is 6.32. The summed E-state index contributed by atoms with van der Waals surface area (Å²) < 4.78 is 5.09. The van der Waals surface area contributed by atoms with Crippen LogP contribution < -0.4 is 15.4 Å². The Morgan fingerprint density at radius 3 is 2.54 bits per heavy atom. The molecule has 0 saturated heterocycles. The summed E-state index contributed by atoms with van der Waals surface area (Å²) in [6.07, 6.45) is 1.42. The van der Waals surface area contributed by atoms with E-state index in [2.05, 4.69) is 15.6 Å². The van der Waals surface area contributed by atoms with Crippen LogP contribution in [0.25, 0.3) is 0 Å². The van der Waals surface area contributed by atoms with Crippen LogP contribution in [0, 0.1) is 0 Å². The molecule has 0 aliphatic carbocycles. The molecule has 3 rings (SSSR count). The van der Waals surface area contributed by atoms with Crippen LogP contribution in [-0.2, 0) is 6.54 Å². The lowest BCUT2D eigenvalue weighted by Crippen LogP contribution is -2.24. The van der Waals surface area contributed by atoms with Crippen LogP contribution in [0.15, 0.2) is 66.9 Å². The largest absolute Gasteiger partial charge is 0.495 e. The third-order valence-corrected chi connectivity index (χ3v) is 4.26. The van der Waals surface area contributed by atoms with E-state index in [1.807, 2.05) is 30.3 Å². The number of rotatable bonds is 6. The monoisotopic (exact) mass is 395 g/mol. The SMILES string of the molecule is COc1ccc(NC(=O)c2ccnc(C(=O)NCc3ccccc3)c2)cc1Cl. The highest BCUT2D eigenvalue weighted by Gasteiger charge is 2.13. The molecule has 2 amide bonds. The van der Waals surface area contributed by atoms with Crippen molar-refractivity contribution in [3.8, 4) is 5.75 Å². The first-order chi connectivity index (χ1) is 13.6. The Labute approximate surface area is 167 Å². The summed E-state index contributed by atoms with van der Waals surface area (Å²) >= 11 is 6.07. The minimum Gasteiger partial charge on any atom is -0.495 e. The number of carbonyl (C=O) groups is 2. The van der Waals surface area contributed by atoms with Gasteiger partial charge in [0.1, 0.15) is 11.4 Å². The second-order valence-electron chi connectivity index (χ2n) is 5.90. The fourth-order valence-electron chi connectivity index (χ4n) is 2.51. The molecule has 0 fully saturated rings. The Hall–Kier alpha value is -3.38. The maximum Gasteiger partial charge on any atom is 0.270 e. The summed E-state index contributed by atoms with van der Waals surface area (Å²) in [7, 11) is 1.51. The van der Waals surface area contributed by atoms with E-state index in [0.717, 1.165) is 5.56 Å². The van der Waals surface area contributed by atoms with Gasteiger partial charge in [-0.15, -0.1) is 0 Å². The number of hydrogen-bond donors (Lipinski definition) is 2. The summed E-state index contributed by atoms with van der Waals surface area (Å²) in [6, 6.07) is 17.4. The third kappa shape index (κ3) is 4.86. The molecule has 0 atom stereocenters. The zero-order valence-corrected chi connectivity index (χ0v) is 15.9. The van der Waals surface area contributed by atoms with Crippen molar-refractivity contribution in [1.29, 1.82) is 0 Å². The Morgan fingerprint density at radius 2 is 1.82 bits per heavy atom. The van der Waals surface area contributed by atoms with E-state index in [1.54, 1.807) is 18.2 Å². The number of benzene rings is 2. The highest BCUT2D eigenvalue weighted by Crippen LogP contribution is 2.27. The molecule has 3 aromatic rings. The predicted molar refractivity (Wildman–Crippen MR) is 108 cm³/mol. The molecule has 0 aliphatic heterocycles. The molecule has 2 N–H and O–H groups in total. The van der Waals surface area contributed by atoms with E-state index in [4.69, 9.17) is 16.3 Å². The topological polar surface area (TPSA) is 80.3 Å². The lowest BCUT2D eigenvalue weighted by molar-refractivity contribution is 0.0946. The Kier molecular flexibility index (Phi) is 6.24. The van der Waals surface area contributed by atoms with E-state index >= 15 is 0 Å². The number of nitrogens with zero attached hydrogens (tertiary/aromatic N) is 1. The zero-order valence-electron chi connectivity index (χ0n) is 15.1. The maximum absolute atomic E-state index is 12.5. The number of methoxy groups -OCH3 is 1. The van der Waals surface area contributed by atoms with Crippen LogP contribution >= 0.6 is 11.6 Å². The van der Waals surface area contributed by atoms with E-state index in [9.17, 15) is 9.59 Å². The van der Waals surface area contributed by atoms with Gasteiger partial charge in [0, 0.05) is 24.0 Å². The second kappa shape index (κ2) is 9.01. The average molecular weight is 396 g/mol. The van der Waals surface area contributed by atoms with E-state index in [0.29, 0.717) is 28.6 Å². The van der Waals surface area contributed by atoms with E-state index in [1.165, 1.54) is 25.4 Å². The number of carbonyl (C=O) groups excluding carboxylic acids is 2. The van der Waals surface area contributed by atoms with Crippen molar-refractivity contribution < 1.29 is 14.3 Å². The normalized spacial score (nSPS) is 10.2. The first kappa shape index (κ1) is 19.4. The van der Waals surface area contributed by atoms with Crippen LogP contribution in [0.1, 0.15) is 26.4 Å². The molecule has 0 saturated carbocycles. The lowest BCUT2D eigenvalue weighted by atomic mass is 10.2. The zero-order chi connectivity index (χ0) is 19.9. The molecular weight excluding hydrogens is 378 g/mol. The predicted octanol–water partition coefficient (Wildman–Crippen LogP) is 3.93.